The first-order valence-electron chi connectivity index (χ1n) is 9.20. The molecule has 0 unspecified atom stereocenters. The van der Waals surface area contributed by atoms with E-state index < -0.39 is 0 Å². The van der Waals surface area contributed by atoms with Gasteiger partial charge in [-0.05, 0) is 62.5 Å². The molecule has 1 N–H and O–H groups in total. The lowest BCUT2D eigenvalue weighted by Gasteiger charge is -2.30. The van der Waals surface area contributed by atoms with Crippen molar-refractivity contribution in [1.29, 1.82) is 0 Å². The van der Waals surface area contributed by atoms with Crippen LogP contribution in [0.1, 0.15) is 75.7 Å². The third kappa shape index (κ3) is 4.57. The van der Waals surface area contributed by atoms with Gasteiger partial charge in [0.1, 0.15) is 0 Å². The zero-order chi connectivity index (χ0) is 14.3. The molecule has 2 aliphatic rings. The van der Waals surface area contributed by atoms with E-state index in [0.29, 0.717) is 0 Å². The Morgan fingerprint density at radius 2 is 1.43 bits per heavy atom. The Morgan fingerprint density at radius 1 is 0.762 bits per heavy atom. The highest BCUT2D eigenvalue weighted by atomic mass is 14.9. The maximum Gasteiger partial charge on any atom is 0.00676 e. The maximum absolute atomic E-state index is 3.89. The van der Waals surface area contributed by atoms with Crippen molar-refractivity contribution in [1.82, 2.24) is 5.32 Å². The molecule has 1 aromatic rings. The molecule has 0 heterocycles. The van der Waals surface area contributed by atoms with Crippen LogP contribution in [0.4, 0.5) is 0 Å². The molecule has 0 saturated heterocycles. The third-order valence-corrected chi connectivity index (χ3v) is 5.67. The molecule has 0 aromatic heterocycles. The zero-order valence-electron chi connectivity index (χ0n) is 13.4. The molecule has 2 aliphatic carbocycles. The van der Waals surface area contributed by atoms with Crippen LogP contribution in [0.2, 0.25) is 0 Å². The molecule has 21 heavy (non-hydrogen) atoms. The number of nitrogens with one attached hydrogen (secondary N) is 1. The minimum Gasteiger partial charge on any atom is -0.314 e. The minimum absolute atomic E-state index is 0.785. The molecule has 0 radical (unpaired) electrons. The van der Waals surface area contributed by atoms with E-state index in [-0.39, 0.29) is 0 Å². The van der Waals surface area contributed by atoms with Crippen LogP contribution in [-0.4, -0.2) is 12.6 Å². The van der Waals surface area contributed by atoms with Crippen LogP contribution in [0.15, 0.2) is 30.3 Å². The van der Waals surface area contributed by atoms with Gasteiger partial charge >= 0.3 is 0 Å². The third-order valence-electron chi connectivity index (χ3n) is 5.67. The second-order valence-electron chi connectivity index (χ2n) is 7.23. The van der Waals surface area contributed by atoms with E-state index >= 15 is 0 Å². The summed E-state index contributed by atoms with van der Waals surface area (Å²) >= 11 is 0. The van der Waals surface area contributed by atoms with E-state index in [1.54, 1.807) is 5.56 Å². The summed E-state index contributed by atoms with van der Waals surface area (Å²) < 4.78 is 0. The number of benzene rings is 1. The molecular weight excluding hydrogens is 254 g/mol. The number of rotatable bonds is 4. The van der Waals surface area contributed by atoms with Crippen molar-refractivity contribution >= 4 is 0 Å². The molecule has 3 rings (SSSR count). The van der Waals surface area contributed by atoms with Crippen molar-refractivity contribution in [3.63, 3.8) is 0 Å². The SMILES string of the molecule is c1ccc(C2CCC(NCC3CCCCCC3)CC2)cc1. The van der Waals surface area contributed by atoms with Crippen molar-refractivity contribution in [2.24, 2.45) is 5.92 Å². The topological polar surface area (TPSA) is 12.0 Å². The molecular formula is C20H31N. The molecule has 1 aromatic carbocycles. The average molecular weight is 285 g/mol. The van der Waals surface area contributed by atoms with Gasteiger partial charge < -0.3 is 5.32 Å². The summed E-state index contributed by atoms with van der Waals surface area (Å²) in [5.41, 5.74) is 1.56. The highest BCUT2D eigenvalue weighted by molar-refractivity contribution is 5.20. The standard InChI is InChI=1S/C20H31N/c1-2-5-9-17(8-4-1)16-21-20-14-12-19(13-15-20)18-10-6-3-7-11-18/h3,6-7,10-11,17,19-21H,1-2,4-5,8-9,12-16H2. The fourth-order valence-corrected chi connectivity index (χ4v) is 4.26. The lowest BCUT2D eigenvalue weighted by atomic mass is 9.81. The van der Waals surface area contributed by atoms with Crippen LogP contribution in [0, 0.1) is 5.92 Å². The summed E-state index contributed by atoms with van der Waals surface area (Å²) in [5.74, 6) is 1.77. The molecule has 2 fully saturated rings. The summed E-state index contributed by atoms with van der Waals surface area (Å²) in [6, 6.07) is 11.9. The van der Waals surface area contributed by atoms with Crippen LogP contribution in [0.3, 0.4) is 0 Å². The van der Waals surface area contributed by atoms with Gasteiger partial charge in [-0.2, -0.15) is 0 Å². The van der Waals surface area contributed by atoms with E-state index in [0.717, 1.165) is 17.9 Å². The monoisotopic (exact) mass is 285 g/mol. The molecule has 0 amide bonds. The summed E-state index contributed by atoms with van der Waals surface area (Å²) in [5, 5.41) is 3.89. The average Bonchev–Trinajstić information content (AvgIpc) is 2.83. The predicted octanol–water partition coefficient (Wildman–Crippen LogP) is 5.27. The first-order chi connectivity index (χ1) is 10.4. The molecule has 0 aliphatic heterocycles. The normalized spacial score (nSPS) is 28.2. The van der Waals surface area contributed by atoms with Gasteiger partial charge in [-0.1, -0.05) is 56.0 Å². The molecule has 1 heteroatoms. The molecule has 0 spiro atoms. The fourth-order valence-electron chi connectivity index (χ4n) is 4.26. The van der Waals surface area contributed by atoms with E-state index in [1.165, 1.54) is 70.8 Å². The smallest absolute Gasteiger partial charge is 0.00676 e. The van der Waals surface area contributed by atoms with Crippen molar-refractivity contribution in [3.05, 3.63) is 35.9 Å². The Balaban J connectivity index is 1.39. The fraction of sp³-hybridized carbons (Fsp3) is 0.700. The lowest BCUT2D eigenvalue weighted by Crippen LogP contribution is -2.36. The predicted molar refractivity (Wildman–Crippen MR) is 90.6 cm³/mol. The van der Waals surface area contributed by atoms with Crippen LogP contribution in [0.5, 0.6) is 0 Å². The number of hydrogen-bond donors (Lipinski definition) is 1. The molecule has 0 atom stereocenters. The molecule has 116 valence electrons. The van der Waals surface area contributed by atoms with Crippen molar-refractivity contribution in [2.75, 3.05) is 6.54 Å². The van der Waals surface area contributed by atoms with Gasteiger partial charge in [0.05, 0.1) is 0 Å². The van der Waals surface area contributed by atoms with Crippen LogP contribution in [-0.2, 0) is 0 Å². The highest BCUT2D eigenvalue weighted by Gasteiger charge is 2.22. The Kier molecular flexibility index (Phi) is 5.74. The van der Waals surface area contributed by atoms with Crippen molar-refractivity contribution in [2.45, 2.75) is 76.2 Å². The summed E-state index contributed by atoms with van der Waals surface area (Å²) in [7, 11) is 0. The Labute approximate surface area is 130 Å². The molecule has 1 nitrogen and oxygen atoms in total. The van der Waals surface area contributed by atoms with E-state index in [2.05, 4.69) is 35.6 Å². The second-order valence-corrected chi connectivity index (χ2v) is 7.23. The first-order valence-corrected chi connectivity index (χ1v) is 9.20. The highest BCUT2D eigenvalue weighted by Crippen LogP contribution is 2.33. The van der Waals surface area contributed by atoms with Crippen LogP contribution in [0.25, 0.3) is 0 Å². The maximum atomic E-state index is 3.89. The van der Waals surface area contributed by atoms with E-state index in [4.69, 9.17) is 0 Å². The van der Waals surface area contributed by atoms with E-state index in [9.17, 15) is 0 Å². The molecule has 0 bridgehead atoms. The van der Waals surface area contributed by atoms with Crippen molar-refractivity contribution in [3.8, 4) is 0 Å². The number of hydrogen-bond acceptors (Lipinski definition) is 1. The van der Waals surface area contributed by atoms with Crippen LogP contribution >= 0.6 is 0 Å². The van der Waals surface area contributed by atoms with Gasteiger partial charge in [0.2, 0.25) is 0 Å². The summed E-state index contributed by atoms with van der Waals surface area (Å²) in [6.07, 6.45) is 14.3. The zero-order valence-corrected chi connectivity index (χ0v) is 13.4. The Hall–Kier alpha value is -0.820. The second kappa shape index (κ2) is 7.98. The lowest BCUT2D eigenvalue weighted by molar-refractivity contribution is 0.314. The van der Waals surface area contributed by atoms with Crippen LogP contribution < -0.4 is 5.32 Å². The summed E-state index contributed by atoms with van der Waals surface area (Å²) in [4.78, 5) is 0. The minimum atomic E-state index is 0.785. The van der Waals surface area contributed by atoms with Gasteiger partial charge in [-0.3, -0.25) is 0 Å². The molecule has 2 saturated carbocycles. The Morgan fingerprint density at radius 3 is 2.10 bits per heavy atom. The quantitative estimate of drug-likeness (QED) is 0.743. The van der Waals surface area contributed by atoms with Gasteiger partial charge in [0, 0.05) is 6.04 Å². The van der Waals surface area contributed by atoms with Crippen molar-refractivity contribution < 1.29 is 0 Å². The van der Waals surface area contributed by atoms with Gasteiger partial charge in [-0.15, -0.1) is 0 Å². The van der Waals surface area contributed by atoms with Gasteiger partial charge in [-0.25, -0.2) is 0 Å². The largest absolute Gasteiger partial charge is 0.314 e. The summed E-state index contributed by atoms with van der Waals surface area (Å²) in [6.45, 7) is 1.28. The van der Waals surface area contributed by atoms with Gasteiger partial charge in [0.15, 0.2) is 0 Å². The first kappa shape index (κ1) is 15.1. The van der Waals surface area contributed by atoms with E-state index in [1.807, 2.05) is 0 Å². The Bertz CT molecular complexity index is 384. The van der Waals surface area contributed by atoms with Gasteiger partial charge in [0.25, 0.3) is 0 Å².